The first-order valence-electron chi connectivity index (χ1n) is 4.66. The van der Waals surface area contributed by atoms with Crippen molar-refractivity contribution in [1.29, 1.82) is 5.26 Å². The molecule has 3 nitrogen and oxygen atoms in total. The molecule has 0 aliphatic carbocycles. The van der Waals surface area contributed by atoms with Gasteiger partial charge in [-0.05, 0) is 25.1 Å². The topological polar surface area (TPSA) is 52.5 Å². The van der Waals surface area contributed by atoms with Crippen molar-refractivity contribution in [2.75, 3.05) is 0 Å². The summed E-state index contributed by atoms with van der Waals surface area (Å²) in [6.07, 6.45) is 0. The van der Waals surface area contributed by atoms with Gasteiger partial charge in [0.1, 0.15) is 0 Å². The summed E-state index contributed by atoms with van der Waals surface area (Å²) in [5.41, 5.74) is 2.58. The summed E-state index contributed by atoms with van der Waals surface area (Å²) in [6.45, 7) is 5.94. The average molecular weight is 189 g/mol. The van der Waals surface area contributed by atoms with E-state index in [0.29, 0.717) is 5.56 Å². The highest BCUT2D eigenvalue weighted by Crippen LogP contribution is 2.15. The number of hydrogen-bond donors (Lipinski definition) is 1. The molecule has 0 bridgehead atoms. The Hall–Kier alpha value is -1.82. The second-order valence-electron chi connectivity index (χ2n) is 2.69. The lowest BCUT2D eigenvalue weighted by Gasteiger charge is -1.89. The van der Waals surface area contributed by atoms with Crippen molar-refractivity contribution in [2.45, 2.75) is 20.8 Å². The summed E-state index contributed by atoms with van der Waals surface area (Å²) >= 11 is 0. The number of rotatable bonds is 0. The van der Waals surface area contributed by atoms with Crippen molar-refractivity contribution in [3.63, 3.8) is 0 Å². The molecule has 1 N–H and O–H groups in total. The number of nitriles is 1. The van der Waals surface area contributed by atoms with Gasteiger partial charge in [-0.15, -0.1) is 0 Å². The Balaban J connectivity index is 0.000000617. The normalized spacial score (nSPS) is 9.00. The van der Waals surface area contributed by atoms with Crippen LogP contribution in [0.3, 0.4) is 0 Å². The largest absolute Gasteiger partial charge is 0.282 e. The Morgan fingerprint density at radius 1 is 1.43 bits per heavy atom. The van der Waals surface area contributed by atoms with E-state index in [-0.39, 0.29) is 1.43 Å². The predicted molar refractivity (Wildman–Crippen MR) is 59.0 cm³/mol. The zero-order valence-electron chi connectivity index (χ0n) is 8.63. The van der Waals surface area contributed by atoms with Crippen LogP contribution in [0.25, 0.3) is 10.9 Å². The van der Waals surface area contributed by atoms with Gasteiger partial charge in [-0.3, -0.25) is 5.10 Å². The fraction of sp³-hybridized carbons (Fsp3) is 0.273. The molecule has 0 radical (unpaired) electrons. The number of fused-ring (bicyclic) bond motifs is 1. The van der Waals surface area contributed by atoms with Crippen molar-refractivity contribution in [3.05, 3.63) is 29.5 Å². The van der Waals surface area contributed by atoms with Crippen LogP contribution in [-0.4, -0.2) is 10.2 Å². The molecule has 0 fully saturated rings. The number of nitrogens with one attached hydrogen (secondary N) is 1. The van der Waals surface area contributed by atoms with E-state index in [9.17, 15) is 0 Å². The number of aryl methyl sites for hydroxylation is 1. The van der Waals surface area contributed by atoms with Crippen molar-refractivity contribution in [2.24, 2.45) is 0 Å². The molecule has 0 amide bonds. The van der Waals surface area contributed by atoms with Crippen LogP contribution in [0.2, 0.25) is 0 Å². The summed E-state index contributed by atoms with van der Waals surface area (Å²) in [5.74, 6) is 0. The molecule has 3 heteroatoms. The van der Waals surface area contributed by atoms with Crippen molar-refractivity contribution in [3.8, 4) is 6.07 Å². The van der Waals surface area contributed by atoms with E-state index in [2.05, 4.69) is 16.3 Å². The summed E-state index contributed by atoms with van der Waals surface area (Å²) in [6, 6.07) is 7.55. The average Bonchev–Trinajstić information content (AvgIpc) is 2.63. The lowest BCUT2D eigenvalue weighted by Crippen LogP contribution is -1.74. The van der Waals surface area contributed by atoms with Crippen molar-refractivity contribution in [1.82, 2.24) is 10.2 Å². The molecule has 0 aliphatic heterocycles. The van der Waals surface area contributed by atoms with Crippen LogP contribution < -0.4 is 0 Å². The Labute approximate surface area is 84.9 Å². The molecular weight excluding hydrogens is 174 g/mol. The quantitative estimate of drug-likeness (QED) is 0.692. The minimum atomic E-state index is 0. The van der Waals surface area contributed by atoms with Crippen molar-refractivity contribution >= 4 is 10.9 Å². The van der Waals surface area contributed by atoms with Gasteiger partial charge in [-0.25, -0.2) is 0 Å². The van der Waals surface area contributed by atoms with Gasteiger partial charge < -0.3 is 0 Å². The van der Waals surface area contributed by atoms with Gasteiger partial charge in [-0.2, -0.15) is 10.4 Å². The first-order chi connectivity index (χ1) is 6.81. The molecule has 0 saturated heterocycles. The number of aromatic nitrogens is 2. The fourth-order valence-corrected chi connectivity index (χ4v) is 1.21. The first-order valence-corrected chi connectivity index (χ1v) is 4.66. The van der Waals surface area contributed by atoms with Gasteiger partial charge in [0.15, 0.2) is 0 Å². The summed E-state index contributed by atoms with van der Waals surface area (Å²) in [5, 5.41) is 16.6. The minimum absolute atomic E-state index is 0. The maximum absolute atomic E-state index is 8.64. The maximum atomic E-state index is 8.64. The molecule has 0 atom stereocenters. The molecule has 2 aromatic rings. The van der Waals surface area contributed by atoms with E-state index in [1.165, 1.54) is 0 Å². The van der Waals surface area contributed by atoms with Gasteiger partial charge in [-0.1, -0.05) is 13.8 Å². The Morgan fingerprint density at radius 3 is 2.79 bits per heavy atom. The highest BCUT2D eigenvalue weighted by atomic mass is 15.1. The highest BCUT2D eigenvalue weighted by molar-refractivity contribution is 5.82. The molecule has 1 aromatic heterocycles. The SMILES string of the molecule is CC.Cc1[nH]nc2ccc(C#N)cc12.[HH]. The third kappa shape index (κ3) is 1.74. The summed E-state index contributed by atoms with van der Waals surface area (Å²) in [4.78, 5) is 0. The predicted octanol–water partition coefficient (Wildman–Crippen LogP) is 3.02. The fourth-order valence-electron chi connectivity index (χ4n) is 1.21. The number of aromatic amines is 1. The van der Waals surface area contributed by atoms with E-state index in [1.54, 1.807) is 6.07 Å². The first kappa shape index (κ1) is 10.3. The summed E-state index contributed by atoms with van der Waals surface area (Å²) in [7, 11) is 0. The lowest BCUT2D eigenvalue weighted by atomic mass is 10.1. The number of hydrogen-bond acceptors (Lipinski definition) is 2. The molecule has 2 rings (SSSR count). The molecule has 0 aliphatic rings. The Kier molecular flexibility index (Phi) is 3.24. The van der Waals surface area contributed by atoms with E-state index < -0.39 is 0 Å². The number of benzene rings is 1. The standard InChI is InChI=1S/C9H7N3.C2H6.H2/c1-6-8-4-7(5-10)2-3-9(8)12-11-6;1-2;/h2-4H,1H3,(H,11,12);1-2H3;1H. The molecule has 0 unspecified atom stereocenters. The zero-order valence-corrected chi connectivity index (χ0v) is 8.63. The van der Waals surface area contributed by atoms with Crippen molar-refractivity contribution < 1.29 is 1.43 Å². The van der Waals surface area contributed by atoms with Gasteiger partial charge in [0, 0.05) is 12.5 Å². The second kappa shape index (κ2) is 4.43. The second-order valence-corrected chi connectivity index (χ2v) is 2.69. The van der Waals surface area contributed by atoms with Crippen LogP contribution in [-0.2, 0) is 0 Å². The van der Waals surface area contributed by atoms with Crippen LogP contribution in [0.4, 0.5) is 0 Å². The summed E-state index contributed by atoms with van der Waals surface area (Å²) < 4.78 is 0. The number of H-pyrrole nitrogens is 1. The molecule has 1 heterocycles. The zero-order chi connectivity index (χ0) is 10.6. The van der Waals surface area contributed by atoms with E-state index >= 15 is 0 Å². The molecule has 1 aromatic carbocycles. The monoisotopic (exact) mass is 189 g/mol. The van der Waals surface area contributed by atoms with Crippen LogP contribution in [0.1, 0.15) is 26.5 Å². The molecule has 0 spiro atoms. The minimum Gasteiger partial charge on any atom is -0.282 e. The Morgan fingerprint density at radius 2 is 2.14 bits per heavy atom. The Bertz CT molecular complexity index is 468. The van der Waals surface area contributed by atoms with Gasteiger partial charge in [0.2, 0.25) is 0 Å². The van der Waals surface area contributed by atoms with Crippen LogP contribution in [0.5, 0.6) is 0 Å². The van der Waals surface area contributed by atoms with Gasteiger partial charge in [0.25, 0.3) is 0 Å². The van der Waals surface area contributed by atoms with E-state index in [1.807, 2.05) is 32.9 Å². The third-order valence-corrected chi connectivity index (χ3v) is 1.87. The van der Waals surface area contributed by atoms with E-state index in [0.717, 1.165) is 16.6 Å². The van der Waals surface area contributed by atoms with E-state index in [4.69, 9.17) is 5.26 Å². The van der Waals surface area contributed by atoms with Gasteiger partial charge in [0.05, 0.1) is 17.1 Å². The van der Waals surface area contributed by atoms with Crippen LogP contribution in [0.15, 0.2) is 18.2 Å². The maximum Gasteiger partial charge on any atom is 0.0991 e. The van der Waals surface area contributed by atoms with Crippen LogP contribution >= 0.6 is 0 Å². The molecule has 0 saturated carbocycles. The number of nitrogens with zero attached hydrogens (tertiary/aromatic N) is 2. The lowest BCUT2D eigenvalue weighted by molar-refractivity contribution is 1.07. The molecular formula is C11H15N3. The smallest absolute Gasteiger partial charge is 0.0991 e. The molecule has 74 valence electrons. The molecule has 14 heavy (non-hydrogen) atoms. The van der Waals surface area contributed by atoms with Gasteiger partial charge >= 0.3 is 0 Å². The third-order valence-electron chi connectivity index (χ3n) is 1.87. The van der Waals surface area contributed by atoms with Crippen LogP contribution in [0, 0.1) is 18.3 Å². The highest BCUT2D eigenvalue weighted by Gasteiger charge is 2.00.